The zero-order valence-corrected chi connectivity index (χ0v) is 75.1. The summed E-state index contributed by atoms with van der Waals surface area (Å²) in [5, 5.41) is 377. The molecule has 0 aromatic carbocycles. The zero-order chi connectivity index (χ0) is 103. The molecule has 0 radical (unpaired) electrons. The summed E-state index contributed by atoms with van der Waals surface area (Å²) >= 11 is 0. The maximum Gasteiger partial charge on any atom is 0.217 e. The van der Waals surface area contributed by atoms with Crippen molar-refractivity contribution in [3.8, 4) is 0 Å². The first kappa shape index (κ1) is 115. The summed E-state index contributed by atoms with van der Waals surface area (Å²) in [4.78, 5) is 40.0. The Morgan fingerprint density at radius 3 is 0.800 bits per heavy atom. The number of rotatable bonds is 35. The summed E-state index contributed by atoms with van der Waals surface area (Å²) in [6, 6.07) is -6.14. The highest BCUT2D eigenvalue weighted by molar-refractivity contribution is 5.74. The predicted molar refractivity (Wildman–Crippen MR) is 427 cm³/mol. The summed E-state index contributed by atoms with van der Waals surface area (Å²) in [5.74, 6) is -3.06. The number of aliphatic hydroxyl groups excluding tert-OH is 33. The molecule has 62 heteroatoms. The quantitative estimate of drug-likeness (QED) is 0.0280. The van der Waals surface area contributed by atoms with E-state index in [9.17, 15) is 183 Å². The van der Waals surface area contributed by atoms with Crippen LogP contribution in [0.25, 0.3) is 0 Å². The van der Waals surface area contributed by atoms with Crippen LogP contribution in [0.1, 0.15) is 34.6 Å². The summed E-state index contributed by atoms with van der Waals surface area (Å²) < 4.78 is 138. The Morgan fingerprint density at radius 1 is 0.200 bits per heavy atom. The predicted octanol–water partition coefficient (Wildman–Crippen LogP) is -24.7. The van der Waals surface area contributed by atoms with Gasteiger partial charge in [0.05, 0.1) is 78.3 Å². The van der Waals surface area contributed by atoms with Crippen molar-refractivity contribution in [1.29, 1.82) is 0 Å². The molecule has 12 heterocycles. The van der Waals surface area contributed by atoms with E-state index in [1.54, 1.807) is 0 Å². The number of amides is 3. The lowest BCUT2D eigenvalue weighted by Gasteiger charge is -2.52. The SMILES string of the molecule is CC(=O)N[C@H]1[C@H](O[C@@H]2[C@@H](OC[C@H]3O[C@@H](O[C@H]4[C@H](O)[C@@H](NC(C)=O)C(O)O[C@@H]4CO)[C@@H](O)[C@@H](O[C@H]4O[C@H](CO)[C@@H](O)[C@H](O)[C@@H]4O[C@@H]4O[C@H](CO)[C@@H](O[C@@H]5O[C@H](CO)[C@H](O[C@@H]6O[C@H](CO)[C@H](O)[C@H](O)[C@H]6O)[C@H](O)[C@H]5O)[C@H](O[C@@H]5O[C@@H](C)[C@@H](O)[C@@H](O)[C@@H]5O)[C@H]4NC(C)=O)[C@@H]3O)O[C@H](CO)[C@@H](O)[C@@H]2O)O[C@H](CO)[C@@H](O[C@@H]2O[C@H](CO)[C@H](O[C@@H]3O[C@H](CO)[C@H](O)[C@H](O)[C@H]3O)[C@H](O)[C@H]2O)[C@@H]1O[C@@H]1O[C@@H](C)[C@@H](O)[C@@H](O)[C@@H]1O. The first-order valence-corrected chi connectivity index (χ1v) is 44.9. The highest BCUT2D eigenvalue weighted by Crippen LogP contribution is 2.44. The van der Waals surface area contributed by atoms with E-state index in [4.69, 9.17) is 109 Å². The van der Waals surface area contributed by atoms with E-state index in [2.05, 4.69) is 16.0 Å². The van der Waals surface area contributed by atoms with Crippen LogP contribution in [0.2, 0.25) is 0 Å². The number of nitrogens with one attached hydrogen (secondary N) is 3. The maximum absolute atomic E-state index is 13.7. The van der Waals surface area contributed by atoms with Crippen molar-refractivity contribution in [3.05, 3.63) is 0 Å². The van der Waals surface area contributed by atoms with Crippen LogP contribution in [-0.4, -0.2) is 621 Å². The molecule has 12 aliphatic rings. The topological polar surface area (TPSA) is 967 Å². The second-order valence-corrected chi connectivity index (χ2v) is 35.8. The lowest BCUT2D eigenvalue weighted by Crippen LogP contribution is -2.71. The van der Waals surface area contributed by atoms with Crippen molar-refractivity contribution in [3.63, 3.8) is 0 Å². The lowest BCUT2D eigenvalue weighted by atomic mass is 9.93. The van der Waals surface area contributed by atoms with E-state index < -0.39 is 452 Å². The molecular weight excluding hydrogens is 1920 g/mol. The Bertz CT molecular complexity index is 3820. The van der Waals surface area contributed by atoms with Crippen LogP contribution in [0, 0.1) is 0 Å². The molecule has 3 amide bonds. The first-order valence-electron chi connectivity index (χ1n) is 44.9. The van der Waals surface area contributed by atoms with Gasteiger partial charge in [-0.25, -0.2) is 0 Å². The summed E-state index contributed by atoms with van der Waals surface area (Å²) in [5.41, 5.74) is 0. The first-order chi connectivity index (χ1) is 66.2. The van der Waals surface area contributed by atoms with E-state index in [-0.39, 0.29) is 0 Å². The Balaban J connectivity index is 0.869. The minimum atomic E-state index is -2.64. The van der Waals surface area contributed by atoms with Crippen molar-refractivity contribution < 1.29 is 292 Å². The molecule has 62 nitrogen and oxygen atoms in total. The fraction of sp³-hybridized carbons (Fsp3) is 0.962. The standard InChI is InChI=1S/C78H131N3O59/c1-16-34(94)42(102)50(110)70(119-16)136-62-32(80-19(4)92)68(126-28(13-89)60(62)134-74-54(114)48(108)58(26(11-87)128-74)132-72-52(112)44(104)36(96)21(6-82)122-72)139-65-46(106)38(98)23(8-84)124-77(65)118-15-30-40(100)64(56(116)76(130-30)131-57-25(10-86)121-67(117)31(41(57)101)79-18(3)91)138-78-66(47(107)39(99)24(9-85)125-78)140-69-33(81-20(5)93)63(137-71-51(111)43(103)35(95)17(2)120-71)61(29(14-90)127-69)135-75-55(115)49(109)59(27(12-88)129-75)133-73-53(113)45(105)37(97)22(7-83)123-73/h16-17,21-78,82-90,94-117H,6-15H2,1-5H3,(H,79,91)(H,80,92)(H,81,93)/t16-,17-,21+,22+,23+,24+,25+,26+,27+,28+,29+,30+,31+,32+,33+,34+,35+,36-,37-,38+,39+,40+,41+,42+,43+,44-,45-,46-,47-,48+,49+,50-,51-,52+,53+,54+,55+,56-,57+,58-,59-,60+,61+,62+,63+,64-,65-,66-,67?,68-,69-,70-,71-,72-,73-,74-,75-,76-,77-,78+/m0/s1. The Labute approximate surface area is 792 Å². The Kier molecular flexibility index (Phi) is 40.8. The van der Waals surface area contributed by atoms with Gasteiger partial charge in [-0.2, -0.15) is 0 Å². The molecule has 0 aliphatic carbocycles. The fourth-order valence-corrected chi connectivity index (χ4v) is 18.4. The average Bonchev–Trinajstić information content (AvgIpc) is 0.757. The molecule has 812 valence electrons. The number of hydrogen-bond donors (Lipinski definition) is 36. The van der Waals surface area contributed by atoms with E-state index in [0.29, 0.717) is 0 Å². The van der Waals surface area contributed by atoms with Gasteiger partial charge in [-0.05, 0) is 13.8 Å². The van der Waals surface area contributed by atoms with Crippen LogP contribution in [0.15, 0.2) is 0 Å². The molecule has 12 aliphatic heterocycles. The van der Waals surface area contributed by atoms with Crippen LogP contribution < -0.4 is 16.0 Å². The molecule has 12 saturated heterocycles. The minimum Gasteiger partial charge on any atom is -0.394 e. The van der Waals surface area contributed by atoms with Gasteiger partial charge >= 0.3 is 0 Å². The van der Waals surface area contributed by atoms with E-state index >= 15 is 0 Å². The number of carbonyl (C=O) groups is 3. The molecule has 0 aromatic rings. The van der Waals surface area contributed by atoms with E-state index in [1.807, 2.05) is 0 Å². The highest BCUT2D eigenvalue weighted by atomic mass is 16.8. The molecule has 12 fully saturated rings. The third kappa shape index (κ3) is 24.6. The second kappa shape index (κ2) is 49.7. The normalized spacial score (nSPS) is 51.6. The molecule has 1 unspecified atom stereocenters. The van der Waals surface area contributed by atoms with Crippen LogP contribution in [0.3, 0.4) is 0 Å². The second-order valence-electron chi connectivity index (χ2n) is 35.8. The van der Waals surface area contributed by atoms with Crippen molar-refractivity contribution in [2.45, 2.75) is 403 Å². The summed E-state index contributed by atoms with van der Waals surface area (Å²) in [6.07, 6.45) is -123. The maximum atomic E-state index is 13.7. The lowest BCUT2D eigenvalue weighted by molar-refractivity contribution is -0.405. The number of hydrogen-bond acceptors (Lipinski definition) is 59. The van der Waals surface area contributed by atoms with Gasteiger partial charge in [0.2, 0.25) is 17.7 Å². The third-order valence-electron chi connectivity index (χ3n) is 26.2. The Morgan fingerprint density at radius 2 is 0.436 bits per heavy atom. The van der Waals surface area contributed by atoms with Crippen molar-refractivity contribution in [2.75, 3.05) is 66.1 Å². The van der Waals surface area contributed by atoms with Crippen LogP contribution >= 0.6 is 0 Å². The summed E-state index contributed by atoms with van der Waals surface area (Å²) in [6.45, 7) is -6.75. The Hall–Kier alpha value is -3.83. The van der Waals surface area contributed by atoms with E-state index in [0.717, 1.165) is 20.8 Å². The van der Waals surface area contributed by atoms with Gasteiger partial charge in [-0.3, -0.25) is 14.4 Å². The number of carbonyl (C=O) groups excluding carboxylic acids is 3. The van der Waals surface area contributed by atoms with Crippen molar-refractivity contribution >= 4 is 17.7 Å². The molecule has 0 spiro atoms. The van der Waals surface area contributed by atoms with Gasteiger partial charge < -0.3 is 293 Å². The monoisotopic (exact) mass is 2050 g/mol. The number of aliphatic hydroxyl groups is 33. The molecular formula is C78H131N3O59. The smallest absolute Gasteiger partial charge is 0.217 e. The van der Waals surface area contributed by atoms with Crippen molar-refractivity contribution in [2.24, 2.45) is 0 Å². The van der Waals surface area contributed by atoms with Crippen LogP contribution in [0.5, 0.6) is 0 Å². The van der Waals surface area contributed by atoms with Crippen LogP contribution in [0.4, 0.5) is 0 Å². The van der Waals surface area contributed by atoms with Gasteiger partial charge in [0.1, 0.15) is 281 Å². The molecule has 60 atom stereocenters. The molecule has 140 heavy (non-hydrogen) atoms. The van der Waals surface area contributed by atoms with E-state index in [1.165, 1.54) is 13.8 Å². The molecule has 0 saturated carbocycles. The van der Waals surface area contributed by atoms with Crippen molar-refractivity contribution in [1.82, 2.24) is 16.0 Å². The molecule has 12 rings (SSSR count). The molecule has 36 N–H and O–H groups in total. The van der Waals surface area contributed by atoms with Gasteiger partial charge in [0.15, 0.2) is 75.5 Å². The van der Waals surface area contributed by atoms with Gasteiger partial charge in [0, 0.05) is 20.8 Å². The largest absolute Gasteiger partial charge is 0.394 e. The number of ether oxygens (including phenoxy) is 23. The zero-order valence-electron chi connectivity index (χ0n) is 75.1. The average molecular weight is 2050 g/mol. The third-order valence-corrected chi connectivity index (χ3v) is 26.2. The van der Waals surface area contributed by atoms with Gasteiger partial charge in [-0.15, -0.1) is 0 Å². The fourth-order valence-electron chi connectivity index (χ4n) is 18.4. The summed E-state index contributed by atoms with van der Waals surface area (Å²) in [7, 11) is 0. The molecule has 0 aromatic heterocycles. The van der Waals surface area contributed by atoms with Crippen LogP contribution in [-0.2, 0) is 123 Å². The van der Waals surface area contributed by atoms with Gasteiger partial charge in [0.25, 0.3) is 0 Å². The molecule has 0 bridgehead atoms. The van der Waals surface area contributed by atoms with Gasteiger partial charge in [-0.1, -0.05) is 0 Å². The minimum absolute atomic E-state index is 0.869. The highest BCUT2D eigenvalue weighted by Gasteiger charge is 2.64.